The Hall–Kier alpha value is -2.01. The molecule has 1 rings (SSSR count). The SMILES string of the molecule is CCOC(=O)Cc1cc(C#N)c(C=O)c(SC(F)(F)F)c1. The number of hydrogen-bond acceptors (Lipinski definition) is 5. The van der Waals surface area contributed by atoms with Gasteiger partial charge < -0.3 is 4.74 Å². The van der Waals surface area contributed by atoms with Crippen LogP contribution in [0.5, 0.6) is 0 Å². The summed E-state index contributed by atoms with van der Waals surface area (Å²) in [5, 5.41) is 8.92. The molecule has 0 aliphatic heterocycles. The van der Waals surface area contributed by atoms with Crippen molar-refractivity contribution in [3.05, 3.63) is 28.8 Å². The molecule has 0 saturated carbocycles. The van der Waals surface area contributed by atoms with Crippen molar-refractivity contribution in [1.82, 2.24) is 0 Å². The maximum absolute atomic E-state index is 12.5. The number of carbonyl (C=O) groups excluding carboxylic acids is 2. The maximum Gasteiger partial charge on any atom is 0.446 e. The van der Waals surface area contributed by atoms with Gasteiger partial charge in [0.05, 0.1) is 24.7 Å². The van der Waals surface area contributed by atoms with Crippen LogP contribution in [0, 0.1) is 11.3 Å². The molecule has 0 atom stereocenters. The van der Waals surface area contributed by atoms with Gasteiger partial charge in [0.15, 0.2) is 6.29 Å². The Labute approximate surface area is 122 Å². The molecular formula is C13H10F3NO3S. The lowest BCUT2D eigenvalue weighted by Gasteiger charge is -2.11. The third kappa shape index (κ3) is 5.11. The van der Waals surface area contributed by atoms with Crippen LogP contribution in [0.4, 0.5) is 13.2 Å². The first-order valence-electron chi connectivity index (χ1n) is 5.74. The molecule has 1 aromatic carbocycles. The minimum atomic E-state index is -4.60. The number of nitriles is 1. The lowest BCUT2D eigenvalue weighted by molar-refractivity contribution is -0.142. The number of aldehydes is 1. The van der Waals surface area contributed by atoms with Crippen molar-refractivity contribution >= 4 is 24.0 Å². The Morgan fingerprint density at radius 2 is 2.14 bits per heavy atom. The topological polar surface area (TPSA) is 67.2 Å². The summed E-state index contributed by atoms with van der Waals surface area (Å²) in [6, 6.07) is 3.93. The van der Waals surface area contributed by atoms with E-state index in [0.717, 1.165) is 6.07 Å². The molecule has 0 bridgehead atoms. The van der Waals surface area contributed by atoms with Crippen LogP contribution in [0.1, 0.15) is 28.4 Å². The van der Waals surface area contributed by atoms with Crippen molar-refractivity contribution in [3.63, 3.8) is 0 Å². The molecule has 112 valence electrons. The van der Waals surface area contributed by atoms with E-state index in [4.69, 9.17) is 10.00 Å². The Kier molecular flexibility index (Phi) is 5.79. The highest BCUT2D eigenvalue weighted by Crippen LogP contribution is 2.39. The molecule has 0 N–H and O–H groups in total. The number of nitrogens with zero attached hydrogens (tertiary/aromatic N) is 1. The van der Waals surface area contributed by atoms with Gasteiger partial charge in [-0.05, 0) is 36.4 Å². The molecule has 0 radical (unpaired) electrons. The zero-order chi connectivity index (χ0) is 16.0. The standard InChI is InChI=1S/C13H10F3NO3S/c1-2-20-12(19)5-8-3-9(6-17)10(7-18)11(4-8)21-13(14,15)16/h3-4,7H,2,5H2,1H3. The van der Waals surface area contributed by atoms with E-state index in [1.807, 2.05) is 0 Å². The largest absolute Gasteiger partial charge is 0.466 e. The third-order valence-electron chi connectivity index (χ3n) is 2.32. The van der Waals surface area contributed by atoms with E-state index in [0.29, 0.717) is 0 Å². The fourth-order valence-corrected chi connectivity index (χ4v) is 2.32. The van der Waals surface area contributed by atoms with Crippen molar-refractivity contribution in [2.75, 3.05) is 6.61 Å². The van der Waals surface area contributed by atoms with Crippen molar-refractivity contribution < 1.29 is 27.5 Å². The smallest absolute Gasteiger partial charge is 0.446 e. The maximum atomic E-state index is 12.5. The van der Waals surface area contributed by atoms with Gasteiger partial charge in [-0.1, -0.05) is 0 Å². The number of thioether (sulfide) groups is 1. The predicted molar refractivity (Wildman–Crippen MR) is 68.8 cm³/mol. The Balaban J connectivity index is 3.24. The summed E-state index contributed by atoms with van der Waals surface area (Å²) < 4.78 is 42.1. The molecule has 21 heavy (non-hydrogen) atoms. The first-order valence-corrected chi connectivity index (χ1v) is 6.56. The van der Waals surface area contributed by atoms with Crippen LogP contribution < -0.4 is 0 Å². The van der Waals surface area contributed by atoms with Gasteiger partial charge in [0, 0.05) is 10.5 Å². The highest BCUT2D eigenvalue weighted by Gasteiger charge is 2.31. The Bertz CT molecular complexity index is 594. The number of benzene rings is 1. The van der Waals surface area contributed by atoms with Gasteiger partial charge in [0.25, 0.3) is 0 Å². The summed E-state index contributed by atoms with van der Waals surface area (Å²) in [4.78, 5) is 21.9. The Morgan fingerprint density at radius 1 is 1.48 bits per heavy atom. The summed E-state index contributed by atoms with van der Waals surface area (Å²) in [5.74, 6) is -0.622. The van der Waals surface area contributed by atoms with Gasteiger partial charge in [0.1, 0.15) is 0 Å². The number of halogens is 3. The van der Waals surface area contributed by atoms with E-state index in [-0.39, 0.29) is 36.0 Å². The van der Waals surface area contributed by atoms with Gasteiger partial charge >= 0.3 is 11.5 Å². The van der Waals surface area contributed by atoms with Crippen molar-refractivity contribution in [1.29, 1.82) is 5.26 Å². The van der Waals surface area contributed by atoms with Crippen LogP contribution in [0.2, 0.25) is 0 Å². The molecule has 0 heterocycles. The normalized spacial score (nSPS) is 10.8. The highest BCUT2D eigenvalue weighted by atomic mass is 32.2. The fraction of sp³-hybridized carbons (Fsp3) is 0.308. The number of esters is 1. The van der Waals surface area contributed by atoms with E-state index in [1.165, 1.54) is 6.07 Å². The highest BCUT2D eigenvalue weighted by molar-refractivity contribution is 8.00. The first-order chi connectivity index (χ1) is 9.80. The van der Waals surface area contributed by atoms with Crippen LogP contribution in [-0.2, 0) is 16.0 Å². The molecule has 0 aromatic heterocycles. The summed E-state index contributed by atoms with van der Waals surface area (Å²) in [5.41, 5.74) is -4.97. The van der Waals surface area contributed by atoms with E-state index in [1.54, 1.807) is 13.0 Å². The lowest BCUT2D eigenvalue weighted by atomic mass is 10.0. The van der Waals surface area contributed by atoms with Crippen molar-refractivity contribution in [2.45, 2.75) is 23.7 Å². The fourth-order valence-electron chi connectivity index (χ4n) is 1.59. The van der Waals surface area contributed by atoms with E-state index < -0.39 is 28.1 Å². The molecule has 0 fully saturated rings. The number of hydrogen-bond donors (Lipinski definition) is 0. The number of carbonyl (C=O) groups is 2. The van der Waals surface area contributed by atoms with Gasteiger partial charge in [-0.3, -0.25) is 9.59 Å². The Morgan fingerprint density at radius 3 is 2.62 bits per heavy atom. The van der Waals surface area contributed by atoms with Gasteiger partial charge in [-0.15, -0.1) is 0 Å². The predicted octanol–water partition coefficient (Wildman–Crippen LogP) is 3.09. The zero-order valence-electron chi connectivity index (χ0n) is 10.9. The summed E-state index contributed by atoms with van der Waals surface area (Å²) in [7, 11) is 0. The van der Waals surface area contributed by atoms with E-state index >= 15 is 0 Å². The van der Waals surface area contributed by atoms with Crippen LogP contribution in [0.15, 0.2) is 17.0 Å². The molecule has 8 heteroatoms. The quantitative estimate of drug-likeness (QED) is 0.474. The second kappa shape index (κ2) is 7.13. The third-order valence-corrected chi connectivity index (χ3v) is 3.11. The molecular weight excluding hydrogens is 307 g/mol. The molecule has 0 saturated heterocycles. The second-order valence-corrected chi connectivity index (χ2v) is 4.92. The minimum Gasteiger partial charge on any atom is -0.466 e. The lowest BCUT2D eigenvalue weighted by Crippen LogP contribution is -2.09. The molecule has 0 unspecified atom stereocenters. The van der Waals surface area contributed by atoms with Crippen LogP contribution >= 0.6 is 11.8 Å². The minimum absolute atomic E-state index is 0.139. The average Bonchev–Trinajstić information content (AvgIpc) is 2.36. The molecule has 0 spiro atoms. The van der Waals surface area contributed by atoms with Crippen molar-refractivity contribution in [2.24, 2.45) is 0 Å². The van der Waals surface area contributed by atoms with Crippen molar-refractivity contribution in [3.8, 4) is 6.07 Å². The van der Waals surface area contributed by atoms with Crippen LogP contribution in [-0.4, -0.2) is 24.4 Å². The summed E-state index contributed by atoms with van der Waals surface area (Å²) in [6.07, 6.45) is -0.0756. The zero-order valence-corrected chi connectivity index (χ0v) is 11.7. The summed E-state index contributed by atoms with van der Waals surface area (Å²) in [6.45, 7) is 1.74. The number of rotatable bonds is 5. The van der Waals surface area contributed by atoms with Gasteiger partial charge in [-0.2, -0.15) is 18.4 Å². The number of alkyl halides is 3. The van der Waals surface area contributed by atoms with Crippen LogP contribution in [0.25, 0.3) is 0 Å². The second-order valence-electron chi connectivity index (χ2n) is 3.81. The van der Waals surface area contributed by atoms with E-state index in [9.17, 15) is 22.8 Å². The molecule has 0 amide bonds. The van der Waals surface area contributed by atoms with E-state index in [2.05, 4.69) is 0 Å². The van der Waals surface area contributed by atoms with Crippen LogP contribution in [0.3, 0.4) is 0 Å². The van der Waals surface area contributed by atoms with Gasteiger partial charge in [-0.25, -0.2) is 0 Å². The molecule has 0 aliphatic carbocycles. The average molecular weight is 317 g/mol. The molecule has 0 aliphatic rings. The molecule has 4 nitrogen and oxygen atoms in total. The molecule has 1 aromatic rings. The monoisotopic (exact) mass is 317 g/mol. The summed E-state index contributed by atoms with van der Waals surface area (Å²) >= 11 is -0.498. The number of ether oxygens (including phenoxy) is 1. The first kappa shape index (κ1) is 17.0. The van der Waals surface area contributed by atoms with Gasteiger partial charge in [0.2, 0.25) is 0 Å².